The van der Waals surface area contributed by atoms with E-state index in [9.17, 15) is 8.42 Å². The molecule has 0 spiro atoms. The number of aromatic nitrogens is 2. The second-order valence-electron chi connectivity index (χ2n) is 4.39. The van der Waals surface area contributed by atoms with E-state index in [1.165, 1.54) is 4.31 Å². The summed E-state index contributed by atoms with van der Waals surface area (Å²) in [7, 11) is -3.44. The molecule has 1 aromatic heterocycles. The van der Waals surface area contributed by atoms with Gasteiger partial charge in [-0.15, -0.1) is 0 Å². The van der Waals surface area contributed by atoms with Crippen molar-refractivity contribution in [1.29, 1.82) is 0 Å². The predicted molar refractivity (Wildman–Crippen MR) is 66.0 cm³/mol. The van der Waals surface area contributed by atoms with Crippen molar-refractivity contribution in [2.45, 2.75) is 33.1 Å². The molecule has 1 aliphatic heterocycles. The van der Waals surface area contributed by atoms with E-state index in [1.807, 2.05) is 13.8 Å². The summed E-state index contributed by atoms with van der Waals surface area (Å²) < 4.78 is 28.2. The van der Waals surface area contributed by atoms with Crippen LogP contribution in [0.25, 0.3) is 0 Å². The Morgan fingerprint density at radius 3 is 2.41 bits per heavy atom. The Labute approximate surface area is 102 Å². The number of piperidine rings is 1. The Balaban J connectivity index is 2.14. The molecule has 0 bridgehead atoms. The lowest BCUT2D eigenvalue weighted by molar-refractivity contribution is 0.349. The average molecular weight is 258 g/mol. The van der Waals surface area contributed by atoms with Gasteiger partial charge in [0.1, 0.15) is 0 Å². The lowest BCUT2D eigenvalue weighted by atomic mass is 10.2. The SMILES string of the molecule is Cc1[nH]nc(NS(=O)(=O)N2CCCCC2)c1C. The van der Waals surface area contributed by atoms with Crippen molar-refractivity contribution in [3.8, 4) is 0 Å². The standard InChI is InChI=1S/C10H18N4O2S/c1-8-9(2)11-12-10(8)13-17(15,16)14-6-4-3-5-7-14/h3-7H2,1-2H3,(H2,11,12,13). The molecule has 1 saturated heterocycles. The summed E-state index contributed by atoms with van der Waals surface area (Å²) in [5.74, 6) is 0.396. The quantitative estimate of drug-likeness (QED) is 0.854. The molecule has 2 rings (SSSR count). The highest BCUT2D eigenvalue weighted by molar-refractivity contribution is 7.90. The van der Waals surface area contributed by atoms with Gasteiger partial charge in [-0.1, -0.05) is 6.42 Å². The van der Waals surface area contributed by atoms with Crippen molar-refractivity contribution in [2.75, 3.05) is 17.8 Å². The molecule has 1 aliphatic rings. The number of aromatic amines is 1. The van der Waals surface area contributed by atoms with Gasteiger partial charge in [0, 0.05) is 24.3 Å². The third-order valence-electron chi connectivity index (χ3n) is 3.13. The first-order valence-corrected chi connectivity index (χ1v) is 7.24. The Morgan fingerprint density at radius 2 is 1.88 bits per heavy atom. The molecule has 1 aromatic rings. The molecule has 1 fully saturated rings. The third-order valence-corrected chi connectivity index (χ3v) is 4.63. The monoisotopic (exact) mass is 258 g/mol. The second-order valence-corrected chi connectivity index (χ2v) is 6.06. The zero-order chi connectivity index (χ0) is 12.5. The van der Waals surface area contributed by atoms with E-state index in [-0.39, 0.29) is 0 Å². The van der Waals surface area contributed by atoms with Crippen LogP contribution in [0.2, 0.25) is 0 Å². The molecule has 17 heavy (non-hydrogen) atoms. The zero-order valence-corrected chi connectivity index (χ0v) is 11.0. The highest BCUT2D eigenvalue weighted by atomic mass is 32.2. The Kier molecular flexibility index (Phi) is 3.39. The van der Waals surface area contributed by atoms with Crippen LogP contribution in [0, 0.1) is 13.8 Å². The lowest BCUT2D eigenvalue weighted by Gasteiger charge is -2.25. The van der Waals surface area contributed by atoms with Crippen LogP contribution in [0.4, 0.5) is 5.82 Å². The highest BCUT2D eigenvalue weighted by Gasteiger charge is 2.25. The number of aryl methyl sites for hydroxylation is 1. The first-order valence-electron chi connectivity index (χ1n) is 5.80. The van der Waals surface area contributed by atoms with E-state index in [2.05, 4.69) is 14.9 Å². The molecule has 0 unspecified atom stereocenters. The van der Waals surface area contributed by atoms with Crippen LogP contribution in [-0.4, -0.2) is 36.0 Å². The van der Waals surface area contributed by atoms with E-state index < -0.39 is 10.2 Å². The van der Waals surface area contributed by atoms with Gasteiger partial charge in [0.25, 0.3) is 0 Å². The molecular formula is C10H18N4O2S. The average Bonchev–Trinajstić information content (AvgIpc) is 2.62. The minimum absolute atomic E-state index is 0.396. The smallest absolute Gasteiger partial charge is 0.280 e. The van der Waals surface area contributed by atoms with Gasteiger partial charge < -0.3 is 0 Å². The van der Waals surface area contributed by atoms with Crippen molar-refractivity contribution in [1.82, 2.24) is 14.5 Å². The fourth-order valence-electron chi connectivity index (χ4n) is 1.88. The number of hydrogen-bond donors (Lipinski definition) is 2. The van der Waals surface area contributed by atoms with Crippen molar-refractivity contribution >= 4 is 16.0 Å². The first-order chi connectivity index (χ1) is 8.00. The minimum Gasteiger partial charge on any atom is -0.280 e. The van der Waals surface area contributed by atoms with Crippen LogP contribution < -0.4 is 4.72 Å². The summed E-state index contributed by atoms with van der Waals surface area (Å²) in [5.41, 5.74) is 1.71. The summed E-state index contributed by atoms with van der Waals surface area (Å²) >= 11 is 0. The highest BCUT2D eigenvalue weighted by Crippen LogP contribution is 2.19. The molecule has 2 heterocycles. The van der Waals surface area contributed by atoms with Gasteiger partial charge in [0.2, 0.25) is 0 Å². The van der Waals surface area contributed by atoms with E-state index >= 15 is 0 Å². The Hall–Kier alpha value is -1.08. The van der Waals surface area contributed by atoms with Gasteiger partial charge in [0.15, 0.2) is 5.82 Å². The number of anilines is 1. The van der Waals surface area contributed by atoms with Gasteiger partial charge in [-0.2, -0.15) is 17.8 Å². The van der Waals surface area contributed by atoms with Gasteiger partial charge in [-0.3, -0.25) is 9.82 Å². The van der Waals surface area contributed by atoms with Gasteiger partial charge in [-0.25, -0.2) is 0 Å². The second kappa shape index (κ2) is 4.66. The Bertz CT molecular complexity index is 488. The van der Waals surface area contributed by atoms with E-state index in [4.69, 9.17) is 0 Å². The van der Waals surface area contributed by atoms with Crippen LogP contribution in [0.5, 0.6) is 0 Å². The molecule has 6 nitrogen and oxygen atoms in total. The molecule has 0 aliphatic carbocycles. The molecule has 0 atom stereocenters. The van der Waals surface area contributed by atoms with Crippen molar-refractivity contribution < 1.29 is 8.42 Å². The fraction of sp³-hybridized carbons (Fsp3) is 0.700. The maximum atomic E-state index is 12.1. The molecule has 0 saturated carbocycles. The summed E-state index contributed by atoms with van der Waals surface area (Å²) in [5, 5.41) is 6.72. The molecular weight excluding hydrogens is 240 g/mol. The van der Waals surface area contributed by atoms with Gasteiger partial charge >= 0.3 is 10.2 Å². The third kappa shape index (κ3) is 2.61. The van der Waals surface area contributed by atoms with Gasteiger partial charge in [0.05, 0.1) is 0 Å². The van der Waals surface area contributed by atoms with Crippen LogP contribution in [0.3, 0.4) is 0 Å². The summed E-state index contributed by atoms with van der Waals surface area (Å²) in [6, 6.07) is 0. The van der Waals surface area contributed by atoms with Crippen molar-refractivity contribution in [3.05, 3.63) is 11.3 Å². The number of H-pyrrole nitrogens is 1. The maximum absolute atomic E-state index is 12.1. The molecule has 7 heteroatoms. The number of nitrogens with one attached hydrogen (secondary N) is 2. The fourth-order valence-corrected chi connectivity index (χ4v) is 3.19. The molecule has 96 valence electrons. The molecule has 0 radical (unpaired) electrons. The van der Waals surface area contributed by atoms with Crippen molar-refractivity contribution in [3.63, 3.8) is 0 Å². The molecule has 0 amide bonds. The van der Waals surface area contributed by atoms with E-state index in [0.717, 1.165) is 30.5 Å². The van der Waals surface area contributed by atoms with Crippen LogP contribution in [0.1, 0.15) is 30.5 Å². The van der Waals surface area contributed by atoms with Crippen molar-refractivity contribution in [2.24, 2.45) is 0 Å². The maximum Gasteiger partial charge on any atom is 0.302 e. The predicted octanol–water partition coefficient (Wildman–Crippen LogP) is 1.17. The molecule has 0 aromatic carbocycles. The summed E-state index contributed by atoms with van der Waals surface area (Å²) in [6.45, 7) is 4.89. The summed E-state index contributed by atoms with van der Waals surface area (Å²) in [4.78, 5) is 0. The van der Waals surface area contributed by atoms with Crippen LogP contribution in [-0.2, 0) is 10.2 Å². The normalized spacial score (nSPS) is 18.2. The topological polar surface area (TPSA) is 78.1 Å². The van der Waals surface area contributed by atoms with Crippen LogP contribution in [0.15, 0.2) is 0 Å². The van der Waals surface area contributed by atoms with E-state index in [1.54, 1.807) is 0 Å². The number of nitrogens with zero attached hydrogens (tertiary/aromatic N) is 2. The largest absolute Gasteiger partial charge is 0.302 e. The summed E-state index contributed by atoms with van der Waals surface area (Å²) in [6.07, 6.45) is 2.96. The molecule has 2 N–H and O–H groups in total. The van der Waals surface area contributed by atoms with E-state index in [0.29, 0.717) is 18.9 Å². The zero-order valence-electron chi connectivity index (χ0n) is 10.2. The first kappa shape index (κ1) is 12.4. The van der Waals surface area contributed by atoms with Gasteiger partial charge in [-0.05, 0) is 26.7 Å². The lowest BCUT2D eigenvalue weighted by Crippen LogP contribution is -2.39. The van der Waals surface area contributed by atoms with Crippen LogP contribution >= 0.6 is 0 Å². The number of rotatable bonds is 3. The Morgan fingerprint density at radius 1 is 1.24 bits per heavy atom. The number of hydrogen-bond acceptors (Lipinski definition) is 3. The minimum atomic E-state index is -3.44.